The third-order valence-electron chi connectivity index (χ3n) is 2.99. The summed E-state index contributed by atoms with van der Waals surface area (Å²) in [5.74, 6) is 1.21. The van der Waals surface area contributed by atoms with E-state index >= 15 is 0 Å². The first kappa shape index (κ1) is 14.7. The molecule has 0 saturated heterocycles. The minimum Gasteiger partial charge on any atom is -0.493 e. The highest BCUT2D eigenvalue weighted by molar-refractivity contribution is 6.33. The Balaban J connectivity index is 1.92. The van der Waals surface area contributed by atoms with Gasteiger partial charge in [0.25, 0.3) is 0 Å². The molecule has 0 radical (unpaired) electrons. The number of imidazole rings is 1. The fraction of sp³-hybridized carbons (Fsp3) is 0.357. The Kier molecular flexibility index (Phi) is 5.26. The number of nitrogens with zero attached hydrogens (tertiary/aromatic N) is 2. The van der Waals surface area contributed by atoms with Gasteiger partial charge in [-0.2, -0.15) is 0 Å². The first-order chi connectivity index (χ1) is 9.76. The van der Waals surface area contributed by atoms with Crippen LogP contribution in [-0.4, -0.2) is 30.3 Å². The molecule has 0 spiro atoms. The van der Waals surface area contributed by atoms with Crippen LogP contribution in [0, 0.1) is 0 Å². The minimum absolute atomic E-state index is 0.572. The van der Waals surface area contributed by atoms with Crippen LogP contribution < -0.4 is 14.8 Å². The van der Waals surface area contributed by atoms with Crippen molar-refractivity contribution in [1.82, 2.24) is 14.9 Å². The number of ether oxygens (including phenoxy) is 2. The number of methoxy groups -OCH3 is 2. The SMILES string of the molecule is COc1ccc(CNCCn2ccnc2)c(Cl)c1OC. The van der Waals surface area contributed by atoms with Crippen molar-refractivity contribution in [1.29, 1.82) is 0 Å². The lowest BCUT2D eigenvalue weighted by atomic mass is 10.2. The summed E-state index contributed by atoms with van der Waals surface area (Å²) in [4.78, 5) is 4.00. The van der Waals surface area contributed by atoms with E-state index in [1.54, 1.807) is 26.7 Å². The predicted octanol–water partition coefficient (Wildman–Crippen LogP) is 2.34. The molecule has 0 saturated carbocycles. The maximum Gasteiger partial charge on any atom is 0.179 e. The molecule has 5 nitrogen and oxygen atoms in total. The van der Waals surface area contributed by atoms with Crippen molar-refractivity contribution < 1.29 is 9.47 Å². The number of benzene rings is 1. The molecule has 0 aliphatic rings. The highest BCUT2D eigenvalue weighted by Gasteiger charge is 2.12. The van der Waals surface area contributed by atoms with Crippen LogP contribution in [0.3, 0.4) is 0 Å². The Bertz CT molecular complexity index is 544. The standard InChI is InChI=1S/C14H18ClN3O2/c1-19-12-4-3-11(13(15)14(12)20-2)9-16-5-7-18-8-6-17-10-18/h3-4,6,8,10,16H,5,7,9H2,1-2H3. The summed E-state index contributed by atoms with van der Waals surface area (Å²) in [6, 6.07) is 3.80. The summed E-state index contributed by atoms with van der Waals surface area (Å²) in [7, 11) is 3.18. The van der Waals surface area contributed by atoms with Gasteiger partial charge in [-0.1, -0.05) is 17.7 Å². The lowest BCUT2D eigenvalue weighted by molar-refractivity contribution is 0.354. The zero-order chi connectivity index (χ0) is 14.4. The van der Waals surface area contributed by atoms with Crippen LogP contribution in [0.5, 0.6) is 11.5 Å². The summed E-state index contributed by atoms with van der Waals surface area (Å²) in [5.41, 5.74) is 0.981. The van der Waals surface area contributed by atoms with Crippen molar-refractivity contribution in [2.24, 2.45) is 0 Å². The van der Waals surface area contributed by atoms with Crippen molar-refractivity contribution in [3.05, 3.63) is 41.4 Å². The van der Waals surface area contributed by atoms with E-state index in [1.165, 1.54) is 0 Å². The van der Waals surface area contributed by atoms with E-state index in [0.29, 0.717) is 23.1 Å². The number of nitrogens with one attached hydrogen (secondary N) is 1. The van der Waals surface area contributed by atoms with Gasteiger partial charge in [0.15, 0.2) is 11.5 Å². The van der Waals surface area contributed by atoms with E-state index < -0.39 is 0 Å². The molecule has 0 atom stereocenters. The van der Waals surface area contributed by atoms with Gasteiger partial charge in [0.1, 0.15) is 0 Å². The lowest BCUT2D eigenvalue weighted by Crippen LogP contribution is -2.19. The molecule has 1 aromatic heterocycles. The van der Waals surface area contributed by atoms with Crippen LogP contribution >= 0.6 is 11.6 Å². The second-order valence-electron chi connectivity index (χ2n) is 4.25. The number of rotatable bonds is 7. The second-order valence-corrected chi connectivity index (χ2v) is 4.63. The smallest absolute Gasteiger partial charge is 0.179 e. The average Bonchev–Trinajstić information content (AvgIpc) is 2.97. The number of halogens is 1. The van der Waals surface area contributed by atoms with Gasteiger partial charge >= 0.3 is 0 Å². The second kappa shape index (κ2) is 7.17. The van der Waals surface area contributed by atoms with Crippen molar-refractivity contribution in [3.8, 4) is 11.5 Å². The molecule has 0 aliphatic heterocycles. The van der Waals surface area contributed by atoms with E-state index in [2.05, 4.69) is 10.3 Å². The maximum atomic E-state index is 6.31. The summed E-state index contributed by atoms with van der Waals surface area (Å²) in [5, 5.41) is 3.93. The molecule has 0 bridgehead atoms. The Hall–Kier alpha value is -1.72. The van der Waals surface area contributed by atoms with Gasteiger partial charge in [-0.3, -0.25) is 0 Å². The van der Waals surface area contributed by atoms with Crippen molar-refractivity contribution in [2.75, 3.05) is 20.8 Å². The van der Waals surface area contributed by atoms with Crippen LogP contribution in [-0.2, 0) is 13.1 Å². The Morgan fingerprint density at radius 2 is 2.15 bits per heavy atom. The Labute approximate surface area is 123 Å². The van der Waals surface area contributed by atoms with Gasteiger partial charge in [-0.05, 0) is 11.6 Å². The molecule has 20 heavy (non-hydrogen) atoms. The third-order valence-corrected chi connectivity index (χ3v) is 3.40. The normalized spacial score (nSPS) is 10.6. The molecule has 0 aliphatic carbocycles. The Morgan fingerprint density at radius 1 is 1.30 bits per heavy atom. The lowest BCUT2D eigenvalue weighted by Gasteiger charge is -2.13. The van der Waals surface area contributed by atoms with Gasteiger partial charge in [-0.15, -0.1) is 0 Å². The quantitative estimate of drug-likeness (QED) is 0.797. The highest BCUT2D eigenvalue weighted by atomic mass is 35.5. The summed E-state index contributed by atoms with van der Waals surface area (Å²) >= 11 is 6.31. The number of hydrogen-bond donors (Lipinski definition) is 1. The van der Waals surface area contributed by atoms with Gasteiger partial charge < -0.3 is 19.4 Å². The predicted molar refractivity (Wildman–Crippen MR) is 78.5 cm³/mol. The molecule has 2 rings (SSSR count). The molecule has 0 unspecified atom stereocenters. The molecular formula is C14H18ClN3O2. The molecule has 1 heterocycles. The molecule has 2 aromatic rings. The van der Waals surface area contributed by atoms with Crippen LogP contribution in [0.25, 0.3) is 0 Å². The van der Waals surface area contributed by atoms with E-state index in [0.717, 1.165) is 18.7 Å². The molecule has 0 fully saturated rings. The molecular weight excluding hydrogens is 278 g/mol. The zero-order valence-corrected chi connectivity index (χ0v) is 12.4. The van der Waals surface area contributed by atoms with E-state index in [9.17, 15) is 0 Å². The van der Waals surface area contributed by atoms with E-state index in [4.69, 9.17) is 21.1 Å². The van der Waals surface area contributed by atoms with Gasteiger partial charge in [0.05, 0.1) is 25.6 Å². The maximum absolute atomic E-state index is 6.31. The van der Waals surface area contributed by atoms with Crippen LogP contribution in [0.1, 0.15) is 5.56 Å². The topological polar surface area (TPSA) is 48.3 Å². The first-order valence-electron chi connectivity index (χ1n) is 6.32. The Morgan fingerprint density at radius 3 is 2.80 bits per heavy atom. The van der Waals surface area contributed by atoms with Crippen molar-refractivity contribution >= 4 is 11.6 Å². The van der Waals surface area contributed by atoms with Gasteiger partial charge in [-0.25, -0.2) is 4.98 Å². The molecule has 1 N–H and O–H groups in total. The fourth-order valence-corrected chi connectivity index (χ4v) is 2.22. The third kappa shape index (κ3) is 3.43. The zero-order valence-electron chi connectivity index (χ0n) is 11.6. The average molecular weight is 296 g/mol. The number of aromatic nitrogens is 2. The first-order valence-corrected chi connectivity index (χ1v) is 6.70. The highest BCUT2D eigenvalue weighted by Crippen LogP contribution is 2.37. The minimum atomic E-state index is 0.572. The monoisotopic (exact) mass is 295 g/mol. The largest absolute Gasteiger partial charge is 0.493 e. The molecule has 108 valence electrons. The summed E-state index contributed by atoms with van der Waals surface area (Å²) < 4.78 is 12.5. The van der Waals surface area contributed by atoms with Gasteiger partial charge in [0.2, 0.25) is 0 Å². The number of hydrogen-bond acceptors (Lipinski definition) is 4. The van der Waals surface area contributed by atoms with Crippen molar-refractivity contribution in [2.45, 2.75) is 13.1 Å². The summed E-state index contributed by atoms with van der Waals surface area (Å²) in [6.45, 7) is 2.37. The van der Waals surface area contributed by atoms with Gasteiger partial charge in [0, 0.05) is 32.0 Å². The van der Waals surface area contributed by atoms with E-state index in [-0.39, 0.29) is 0 Å². The van der Waals surface area contributed by atoms with Crippen LogP contribution in [0.4, 0.5) is 0 Å². The van der Waals surface area contributed by atoms with Crippen LogP contribution in [0.2, 0.25) is 5.02 Å². The fourth-order valence-electron chi connectivity index (χ4n) is 1.92. The van der Waals surface area contributed by atoms with Crippen LogP contribution in [0.15, 0.2) is 30.9 Å². The summed E-state index contributed by atoms with van der Waals surface area (Å²) in [6.07, 6.45) is 5.50. The van der Waals surface area contributed by atoms with Crippen molar-refractivity contribution in [3.63, 3.8) is 0 Å². The molecule has 1 aromatic carbocycles. The molecule has 0 amide bonds. The van der Waals surface area contributed by atoms with E-state index in [1.807, 2.05) is 22.9 Å². The molecule has 6 heteroatoms.